The maximum atomic E-state index is 8.09. The minimum atomic E-state index is -1.46. The van der Waals surface area contributed by atoms with Gasteiger partial charge in [-0.2, -0.15) is 0 Å². The van der Waals surface area contributed by atoms with Crippen molar-refractivity contribution in [2.75, 3.05) is 52.9 Å². The zero-order chi connectivity index (χ0) is 16.1. The van der Waals surface area contributed by atoms with Crippen LogP contribution >= 0.6 is 0 Å². The number of aliphatic hydroxyl groups is 6. The number of ether oxygens (including phenoxy) is 2. The van der Waals surface area contributed by atoms with Gasteiger partial charge in [0.2, 0.25) is 6.29 Å². The van der Waals surface area contributed by atoms with Crippen molar-refractivity contribution < 1.29 is 40.1 Å². The lowest BCUT2D eigenvalue weighted by atomic mass is 10.6. The highest BCUT2D eigenvalue weighted by molar-refractivity contribution is 4.96. The summed E-state index contributed by atoms with van der Waals surface area (Å²) in [6.07, 6.45) is -1.46. The first-order valence-corrected chi connectivity index (χ1v) is 5.97. The van der Waals surface area contributed by atoms with Crippen molar-refractivity contribution in [1.29, 1.82) is 0 Å². The molecule has 8 nitrogen and oxygen atoms in total. The molecule has 0 saturated carbocycles. The van der Waals surface area contributed by atoms with Crippen LogP contribution in [0.4, 0.5) is 0 Å². The van der Waals surface area contributed by atoms with E-state index in [2.05, 4.69) is 21.3 Å². The summed E-state index contributed by atoms with van der Waals surface area (Å²) in [7, 11) is 0. The van der Waals surface area contributed by atoms with Gasteiger partial charge in [-0.15, -0.1) is 5.92 Å². The summed E-state index contributed by atoms with van der Waals surface area (Å²) in [5.41, 5.74) is 0. The lowest BCUT2D eigenvalue weighted by Gasteiger charge is -1.94. The zero-order valence-corrected chi connectivity index (χ0v) is 11.7. The highest BCUT2D eigenvalue weighted by Gasteiger charge is 1.80. The summed E-state index contributed by atoms with van der Waals surface area (Å²) in [4.78, 5) is 0. The molecule has 0 aliphatic rings. The van der Waals surface area contributed by atoms with E-state index >= 15 is 0 Å². The predicted molar refractivity (Wildman–Crippen MR) is 71.7 cm³/mol. The highest BCUT2D eigenvalue weighted by Crippen LogP contribution is 1.69. The van der Waals surface area contributed by atoms with E-state index in [4.69, 9.17) is 30.6 Å². The molecule has 0 aromatic rings. The fourth-order valence-corrected chi connectivity index (χ4v) is 0.591. The quantitative estimate of drug-likeness (QED) is 0.162. The molecule has 0 aliphatic heterocycles. The summed E-state index contributed by atoms with van der Waals surface area (Å²) in [5, 5.41) is 48.2. The van der Waals surface area contributed by atoms with E-state index in [9.17, 15) is 0 Å². The van der Waals surface area contributed by atoms with Crippen molar-refractivity contribution in [3.63, 3.8) is 0 Å². The molecule has 0 aromatic carbocycles. The SMILES string of the molecule is CC#CC(O)O.OCCOCCO.OCCOCCO. The van der Waals surface area contributed by atoms with Crippen LogP contribution in [0.1, 0.15) is 6.92 Å². The van der Waals surface area contributed by atoms with Gasteiger partial charge < -0.3 is 40.1 Å². The molecule has 0 fully saturated rings. The third-order valence-electron chi connectivity index (χ3n) is 1.22. The van der Waals surface area contributed by atoms with Gasteiger partial charge in [0.1, 0.15) is 0 Å². The molecule has 0 atom stereocenters. The number of hydrogen-bond acceptors (Lipinski definition) is 8. The molecule has 0 amide bonds. The first-order chi connectivity index (χ1) is 9.60. The van der Waals surface area contributed by atoms with Crippen LogP contribution in [0, 0.1) is 11.8 Å². The molecule has 0 unspecified atom stereocenters. The fraction of sp³-hybridized carbons (Fsp3) is 0.833. The molecular formula is C12H26O8. The molecule has 0 rings (SSSR count). The lowest BCUT2D eigenvalue weighted by Crippen LogP contribution is -2.03. The number of hydrogen-bond donors (Lipinski definition) is 6. The van der Waals surface area contributed by atoms with Crippen molar-refractivity contribution in [1.82, 2.24) is 0 Å². The zero-order valence-electron chi connectivity index (χ0n) is 11.7. The van der Waals surface area contributed by atoms with Crippen LogP contribution in [0.3, 0.4) is 0 Å². The fourth-order valence-electron chi connectivity index (χ4n) is 0.591. The molecule has 0 saturated heterocycles. The van der Waals surface area contributed by atoms with Gasteiger partial charge in [0.05, 0.1) is 52.9 Å². The van der Waals surface area contributed by atoms with E-state index < -0.39 is 6.29 Å². The molecular weight excluding hydrogens is 272 g/mol. The minimum absolute atomic E-state index is 0.0278. The Hall–Kier alpha value is -0.760. The molecule has 6 N–H and O–H groups in total. The molecule has 122 valence electrons. The monoisotopic (exact) mass is 298 g/mol. The Morgan fingerprint density at radius 1 is 0.750 bits per heavy atom. The maximum absolute atomic E-state index is 8.09. The van der Waals surface area contributed by atoms with Crippen molar-refractivity contribution in [2.45, 2.75) is 13.2 Å². The summed E-state index contributed by atoms with van der Waals surface area (Å²) < 4.78 is 9.26. The van der Waals surface area contributed by atoms with Crippen LogP contribution in [0.5, 0.6) is 0 Å². The summed E-state index contributed by atoms with van der Waals surface area (Å²) >= 11 is 0. The minimum Gasteiger partial charge on any atom is -0.394 e. The van der Waals surface area contributed by atoms with Gasteiger partial charge in [-0.25, -0.2) is 0 Å². The van der Waals surface area contributed by atoms with Crippen LogP contribution in [-0.4, -0.2) is 89.8 Å². The Balaban J connectivity index is -0.000000218. The first kappa shape index (κ1) is 24.3. The molecule has 0 bridgehead atoms. The van der Waals surface area contributed by atoms with Gasteiger partial charge in [-0.05, 0) is 12.8 Å². The van der Waals surface area contributed by atoms with Gasteiger partial charge in [0.25, 0.3) is 0 Å². The third kappa shape index (κ3) is 43.4. The average molecular weight is 298 g/mol. The molecule has 0 aliphatic carbocycles. The van der Waals surface area contributed by atoms with Gasteiger partial charge in [-0.3, -0.25) is 0 Å². The first-order valence-electron chi connectivity index (χ1n) is 5.97. The van der Waals surface area contributed by atoms with Crippen molar-refractivity contribution in [3.05, 3.63) is 0 Å². The summed E-state index contributed by atoms with van der Waals surface area (Å²) in [6.45, 7) is 2.93. The van der Waals surface area contributed by atoms with Crippen LogP contribution in [0.15, 0.2) is 0 Å². The standard InChI is InChI=1S/2C4H10O3.C4H6O2/c2*5-1-3-7-4-2-6;1-2-3-4(5)6/h2*5-6H,1-4H2;4-6H,1H3. The molecule has 0 radical (unpaired) electrons. The van der Waals surface area contributed by atoms with Gasteiger partial charge in [0.15, 0.2) is 0 Å². The van der Waals surface area contributed by atoms with Gasteiger partial charge in [-0.1, -0.05) is 0 Å². The maximum Gasteiger partial charge on any atom is 0.217 e. The molecule has 0 spiro atoms. The highest BCUT2D eigenvalue weighted by atomic mass is 16.5. The van der Waals surface area contributed by atoms with Gasteiger partial charge in [0, 0.05) is 0 Å². The van der Waals surface area contributed by atoms with Crippen LogP contribution < -0.4 is 0 Å². The molecule has 0 heterocycles. The lowest BCUT2D eigenvalue weighted by molar-refractivity contribution is 0.0108. The average Bonchev–Trinajstić information content (AvgIpc) is 2.41. The largest absolute Gasteiger partial charge is 0.394 e. The summed E-state index contributed by atoms with van der Waals surface area (Å²) in [6, 6.07) is 0. The van der Waals surface area contributed by atoms with Crippen LogP contribution in [0.2, 0.25) is 0 Å². The second kappa shape index (κ2) is 26.7. The van der Waals surface area contributed by atoms with E-state index in [1.54, 1.807) is 6.92 Å². The Labute approximate surface area is 119 Å². The van der Waals surface area contributed by atoms with E-state index in [1.165, 1.54) is 0 Å². The summed E-state index contributed by atoms with van der Waals surface area (Å²) in [5.74, 6) is 4.39. The van der Waals surface area contributed by atoms with Crippen molar-refractivity contribution >= 4 is 0 Å². The van der Waals surface area contributed by atoms with Crippen molar-refractivity contribution in [3.8, 4) is 11.8 Å². The topological polar surface area (TPSA) is 140 Å². The third-order valence-corrected chi connectivity index (χ3v) is 1.22. The van der Waals surface area contributed by atoms with Crippen LogP contribution in [0.25, 0.3) is 0 Å². The number of rotatable bonds is 8. The molecule has 0 aromatic heterocycles. The van der Waals surface area contributed by atoms with E-state index in [0.717, 1.165) is 0 Å². The van der Waals surface area contributed by atoms with E-state index in [1.807, 2.05) is 0 Å². The van der Waals surface area contributed by atoms with E-state index in [0.29, 0.717) is 26.4 Å². The smallest absolute Gasteiger partial charge is 0.217 e. The Kier molecular flexibility index (Phi) is 32.4. The van der Waals surface area contributed by atoms with Crippen LogP contribution in [-0.2, 0) is 9.47 Å². The Morgan fingerprint density at radius 3 is 1.15 bits per heavy atom. The molecule has 20 heavy (non-hydrogen) atoms. The van der Waals surface area contributed by atoms with Crippen molar-refractivity contribution in [2.24, 2.45) is 0 Å². The normalized spacial score (nSPS) is 8.80. The van der Waals surface area contributed by atoms with Gasteiger partial charge >= 0.3 is 0 Å². The Bertz CT molecular complexity index is 181. The predicted octanol–water partition coefficient (Wildman–Crippen LogP) is -2.70. The number of aliphatic hydroxyl groups excluding tert-OH is 5. The molecule has 8 heteroatoms. The second-order valence-electron chi connectivity index (χ2n) is 2.89. The second-order valence-corrected chi connectivity index (χ2v) is 2.89. The Morgan fingerprint density at radius 2 is 1.05 bits per heavy atom. The van der Waals surface area contributed by atoms with E-state index in [-0.39, 0.29) is 26.4 Å².